The third-order valence-electron chi connectivity index (χ3n) is 12.6. The molecular formula is C58H52N4. The number of allylic oxidation sites excluding steroid dienone is 11. The largest absolute Gasteiger partial charge is 0.398 e. The van der Waals surface area contributed by atoms with Gasteiger partial charge >= 0.3 is 0 Å². The van der Waals surface area contributed by atoms with Crippen molar-refractivity contribution in [3.63, 3.8) is 0 Å². The number of nitrogens with two attached hydrogens (primary N) is 1. The van der Waals surface area contributed by atoms with Gasteiger partial charge in [0, 0.05) is 39.6 Å². The van der Waals surface area contributed by atoms with Gasteiger partial charge in [0.2, 0.25) is 0 Å². The maximum absolute atomic E-state index is 6.58. The van der Waals surface area contributed by atoms with Gasteiger partial charge in [-0.05, 0) is 114 Å². The van der Waals surface area contributed by atoms with Crippen LogP contribution in [0.5, 0.6) is 0 Å². The summed E-state index contributed by atoms with van der Waals surface area (Å²) < 4.78 is 2.55. The molecule has 4 aliphatic carbocycles. The Morgan fingerprint density at radius 2 is 1.52 bits per heavy atom. The zero-order valence-corrected chi connectivity index (χ0v) is 35.1. The van der Waals surface area contributed by atoms with Gasteiger partial charge in [-0.3, -0.25) is 4.99 Å². The molecule has 5 aromatic carbocycles. The summed E-state index contributed by atoms with van der Waals surface area (Å²) in [6.07, 6.45) is 33.7. The number of nitrogens with one attached hydrogen (secondary N) is 1. The molecule has 0 bridgehead atoms. The molecule has 1 heterocycles. The second-order valence-corrected chi connectivity index (χ2v) is 16.7. The van der Waals surface area contributed by atoms with Gasteiger partial charge in [0.25, 0.3) is 0 Å². The molecular weight excluding hydrogens is 753 g/mol. The van der Waals surface area contributed by atoms with Crippen molar-refractivity contribution >= 4 is 45.3 Å². The first-order valence-electron chi connectivity index (χ1n) is 22.2. The Morgan fingerprint density at radius 3 is 2.34 bits per heavy atom. The summed E-state index contributed by atoms with van der Waals surface area (Å²) in [5.41, 5.74) is 24.5. The Kier molecular flexibility index (Phi) is 11.2. The van der Waals surface area contributed by atoms with Crippen molar-refractivity contribution < 1.29 is 0 Å². The molecule has 0 saturated heterocycles. The molecule has 0 radical (unpaired) electrons. The molecule has 6 aromatic rings. The van der Waals surface area contributed by atoms with Gasteiger partial charge in [0.15, 0.2) is 0 Å². The van der Waals surface area contributed by atoms with E-state index >= 15 is 0 Å². The van der Waals surface area contributed by atoms with E-state index in [9.17, 15) is 0 Å². The molecule has 3 N–H and O–H groups in total. The van der Waals surface area contributed by atoms with Crippen molar-refractivity contribution in [2.45, 2.75) is 51.1 Å². The fraction of sp³-hybridized carbons (Fsp3) is 0.155. The number of aromatic nitrogens is 1. The number of anilines is 1. The van der Waals surface area contributed by atoms with Crippen LogP contribution >= 0.6 is 0 Å². The quantitative estimate of drug-likeness (QED) is 0.128. The van der Waals surface area contributed by atoms with Crippen molar-refractivity contribution in [2.24, 2.45) is 16.6 Å². The number of rotatable bonds is 11. The first-order chi connectivity index (χ1) is 30.7. The number of nitrogens with zero attached hydrogens (tertiary/aromatic N) is 2. The monoisotopic (exact) mass is 804 g/mol. The second-order valence-electron chi connectivity index (χ2n) is 16.7. The molecule has 0 saturated carbocycles. The van der Waals surface area contributed by atoms with E-state index in [2.05, 4.69) is 156 Å². The molecule has 4 heteroatoms. The smallest absolute Gasteiger partial charge is 0.0671 e. The van der Waals surface area contributed by atoms with E-state index in [1.165, 1.54) is 55.7 Å². The van der Waals surface area contributed by atoms with Crippen molar-refractivity contribution in [1.29, 1.82) is 0 Å². The van der Waals surface area contributed by atoms with Crippen LogP contribution in [-0.4, -0.2) is 16.3 Å². The molecule has 62 heavy (non-hydrogen) atoms. The third kappa shape index (κ3) is 8.17. The maximum Gasteiger partial charge on any atom is 0.0671 e. The first-order valence-corrected chi connectivity index (χ1v) is 22.2. The summed E-state index contributed by atoms with van der Waals surface area (Å²) in [5, 5.41) is 5.30. The van der Waals surface area contributed by atoms with Gasteiger partial charge in [-0.25, -0.2) is 0 Å². The predicted molar refractivity (Wildman–Crippen MR) is 264 cm³/mol. The average molecular weight is 805 g/mol. The van der Waals surface area contributed by atoms with E-state index in [1.54, 1.807) is 0 Å². The zero-order chi connectivity index (χ0) is 41.7. The van der Waals surface area contributed by atoms with E-state index in [0.29, 0.717) is 12.2 Å². The summed E-state index contributed by atoms with van der Waals surface area (Å²) in [5.74, 6) is 0.251. The van der Waals surface area contributed by atoms with Crippen molar-refractivity contribution in [1.82, 2.24) is 4.57 Å². The molecule has 10 rings (SSSR count). The second kappa shape index (κ2) is 17.8. The minimum absolute atomic E-state index is 0.148. The lowest BCUT2D eigenvalue weighted by atomic mass is 9.81. The number of benzene rings is 5. The van der Waals surface area contributed by atoms with Crippen LogP contribution in [0.4, 0.5) is 5.69 Å². The molecule has 4 nitrogen and oxygen atoms in total. The number of hydrogen-bond donors (Lipinski definition) is 2. The minimum Gasteiger partial charge on any atom is -0.398 e. The van der Waals surface area contributed by atoms with Crippen molar-refractivity contribution in [2.75, 3.05) is 5.32 Å². The molecule has 2 unspecified atom stereocenters. The molecule has 304 valence electrons. The van der Waals surface area contributed by atoms with Gasteiger partial charge in [0.1, 0.15) is 0 Å². The minimum atomic E-state index is 0.148. The molecule has 0 fully saturated rings. The molecule has 0 spiro atoms. The van der Waals surface area contributed by atoms with Crippen molar-refractivity contribution in [3.05, 3.63) is 233 Å². The van der Waals surface area contributed by atoms with Crippen LogP contribution in [0, 0.1) is 5.92 Å². The number of fused-ring (bicyclic) bond motifs is 3. The molecule has 4 aliphatic rings. The Morgan fingerprint density at radius 1 is 0.726 bits per heavy atom. The van der Waals surface area contributed by atoms with Crippen LogP contribution in [0.25, 0.3) is 45.1 Å². The van der Waals surface area contributed by atoms with Crippen LogP contribution in [0.2, 0.25) is 0 Å². The van der Waals surface area contributed by atoms with Crippen LogP contribution in [0.15, 0.2) is 205 Å². The lowest BCUT2D eigenvalue weighted by Crippen LogP contribution is -2.29. The van der Waals surface area contributed by atoms with E-state index in [0.717, 1.165) is 66.6 Å². The Hall–Kier alpha value is -7.17. The van der Waals surface area contributed by atoms with Gasteiger partial charge in [0.05, 0.1) is 23.8 Å². The van der Waals surface area contributed by atoms with Crippen LogP contribution in [0.3, 0.4) is 0 Å². The third-order valence-corrected chi connectivity index (χ3v) is 12.6. The summed E-state index contributed by atoms with van der Waals surface area (Å²) in [6.45, 7) is 0.554. The number of para-hydroxylation sites is 1. The van der Waals surface area contributed by atoms with E-state index < -0.39 is 0 Å². The maximum atomic E-state index is 6.58. The summed E-state index contributed by atoms with van der Waals surface area (Å²) in [4.78, 5) is 5.12. The summed E-state index contributed by atoms with van der Waals surface area (Å²) >= 11 is 0. The standard InChI is InChI=1S/C58H52N4/c59-54(43-18-4-1-5-19-43)39-56(44-20-6-2-7-21-44)60-40-41-17-14-22-45(37-41)46-23-15-24-47(38-46)50-27-10-12-31-55(50)61-48-35-33-42(34-36-48)51-29-16-30-53-52-28-11-13-32-57(52)62(58(51)53)49-25-8-3-9-26-49/h1-8,10,12-14,16-23,25,27,29-39,50,55,61H,9,11,15,24,26,28,40,59H2/b54-39-,60-56?. The van der Waals surface area contributed by atoms with Crippen LogP contribution in [0.1, 0.15) is 65.6 Å². The highest BCUT2D eigenvalue weighted by Crippen LogP contribution is 2.41. The van der Waals surface area contributed by atoms with Gasteiger partial charge in [-0.1, -0.05) is 169 Å². The normalized spacial score (nSPS) is 18.6. The number of hydrogen-bond acceptors (Lipinski definition) is 3. The highest BCUT2D eigenvalue weighted by molar-refractivity contribution is 6.12. The molecule has 0 amide bonds. The van der Waals surface area contributed by atoms with Gasteiger partial charge in [-0.15, -0.1) is 0 Å². The fourth-order valence-electron chi connectivity index (χ4n) is 9.53. The van der Waals surface area contributed by atoms with E-state index in [1.807, 2.05) is 54.6 Å². The number of aryl methyl sites for hydroxylation is 1. The lowest BCUT2D eigenvalue weighted by molar-refractivity contribution is 0.652. The Labute approximate surface area is 365 Å². The van der Waals surface area contributed by atoms with Gasteiger partial charge < -0.3 is 15.6 Å². The van der Waals surface area contributed by atoms with Gasteiger partial charge in [-0.2, -0.15) is 0 Å². The fourth-order valence-corrected chi connectivity index (χ4v) is 9.53. The predicted octanol–water partition coefficient (Wildman–Crippen LogP) is 13.8. The first kappa shape index (κ1) is 39.0. The SMILES string of the molecule is N/C(=C\C(=NCc1cccc(C2=CCCC(C3C=CC=CC3Nc3ccc(-c4cccc5c6c(n(C7=CC=CCC7)c45)C=CCC6)cc3)=C2)c1)c1ccccc1)c1ccccc1. The van der Waals surface area contributed by atoms with Crippen LogP contribution < -0.4 is 11.1 Å². The summed E-state index contributed by atoms with van der Waals surface area (Å²) in [7, 11) is 0. The number of aliphatic imine (C=N–C) groups is 1. The highest BCUT2D eigenvalue weighted by atomic mass is 15.0. The highest BCUT2D eigenvalue weighted by Gasteiger charge is 2.25. The average Bonchev–Trinajstić information content (AvgIpc) is 3.69. The Balaban J connectivity index is 0.878. The van der Waals surface area contributed by atoms with Crippen molar-refractivity contribution in [3.8, 4) is 11.1 Å². The van der Waals surface area contributed by atoms with E-state index in [-0.39, 0.29) is 12.0 Å². The lowest BCUT2D eigenvalue weighted by Gasteiger charge is -2.30. The zero-order valence-electron chi connectivity index (χ0n) is 35.1. The van der Waals surface area contributed by atoms with Crippen LogP contribution in [-0.2, 0) is 13.0 Å². The van der Waals surface area contributed by atoms with E-state index in [4.69, 9.17) is 10.7 Å². The topological polar surface area (TPSA) is 55.3 Å². The molecule has 2 atom stereocenters. The molecule has 0 aliphatic heterocycles. The molecule has 1 aromatic heterocycles. The summed E-state index contributed by atoms with van der Waals surface area (Å²) in [6, 6.07) is 45.4. The Bertz CT molecular complexity index is 2890.